The highest BCUT2D eigenvalue weighted by molar-refractivity contribution is 5.43. The summed E-state index contributed by atoms with van der Waals surface area (Å²) >= 11 is 0. The van der Waals surface area contributed by atoms with Crippen LogP contribution in [0.25, 0.3) is 0 Å². The van der Waals surface area contributed by atoms with Crippen LogP contribution in [-0.2, 0) is 0 Å². The molecule has 1 heterocycles. The standard InChI is InChI=1S/C17H28N2O2/c1-12-6-5-7-13(2)19(12)16(11-18)15-9-8-14(20-3)10-17(15)21-4/h8-10,12-13,16H,5-7,11,18H2,1-4H3/t12-,13+,16?. The van der Waals surface area contributed by atoms with E-state index in [1.807, 2.05) is 12.1 Å². The highest BCUT2D eigenvalue weighted by atomic mass is 16.5. The maximum Gasteiger partial charge on any atom is 0.127 e. The fourth-order valence-electron chi connectivity index (χ4n) is 3.56. The Balaban J connectivity index is 2.36. The van der Waals surface area contributed by atoms with Gasteiger partial charge in [-0.1, -0.05) is 12.5 Å². The molecule has 1 saturated heterocycles. The summed E-state index contributed by atoms with van der Waals surface area (Å²) in [4.78, 5) is 2.55. The van der Waals surface area contributed by atoms with E-state index in [1.54, 1.807) is 14.2 Å². The number of ether oxygens (including phenoxy) is 2. The molecule has 0 aliphatic carbocycles. The molecule has 4 nitrogen and oxygen atoms in total. The van der Waals surface area contributed by atoms with Gasteiger partial charge in [0.05, 0.1) is 20.3 Å². The molecule has 0 aromatic heterocycles. The lowest BCUT2D eigenvalue weighted by molar-refractivity contribution is 0.0566. The van der Waals surface area contributed by atoms with E-state index in [9.17, 15) is 0 Å². The number of piperidine rings is 1. The minimum Gasteiger partial charge on any atom is -0.497 e. The van der Waals surface area contributed by atoms with Crippen molar-refractivity contribution in [3.8, 4) is 11.5 Å². The topological polar surface area (TPSA) is 47.7 Å². The van der Waals surface area contributed by atoms with Crippen molar-refractivity contribution in [2.75, 3.05) is 20.8 Å². The van der Waals surface area contributed by atoms with Crippen LogP contribution in [0.3, 0.4) is 0 Å². The van der Waals surface area contributed by atoms with E-state index in [2.05, 4.69) is 24.8 Å². The van der Waals surface area contributed by atoms with Gasteiger partial charge in [-0.05, 0) is 32.8 Å². The van der Waals surface area contributed by atoms with Gasteiger partial charge in [-0.25, -0.2) is 0 Å². The minimum absolute atomic E-state index is 0.191. The minimum atomic E-state index is 0.191. The van der Waals surface area contributed by atoms with Crippen LogP contribution < -0.4 is 15.2 Å². The first-order chi connectivity index (χ1) is 10.1. The number of benzene rings is 1. The van der Waals surface area contributed by atoms with Crippen LogP contribution in [0.2, 0.25) is 0 Å². The number of hydrogen-bond acceptors (Lipinski definition) is 4. The molecule has 1 aromatic carbocycles. The second-order valence-corrected chi connectivity index (χ2v) is 5.94. The molecule has 0 spiro atoms. The molecule has 21 heavy (non-hydrogen) atoms. The Bertz CT molecular complexity index is 454. The lowest BCUT2D eigenvalue weighted by atomic mass is 9.92. The largest absolute Gasteiger partial charge is 0.497 e. The van der Waals surface area contributed by atoms with E-state index in [4.69, 9.17) is 15.2 Å². The summed E-state index contributed by atoms with van der Waals surface area (Å²) in [7, 11) is 3.37. The van der Waals surface area contributed by atoms with E-state index >= 15 is 0 Å². The van der Waals surface area contributed by atoms with E-state index < -0.39 is 0 Å². The van der Waals surface area contributed by atoms with Crippen LogP contribution in [-0.4, -0.2) is 37.7 Å². The number of rotatable bonds is 5. The third-order valence-corrected chi connectivity index (χ3v) is 4.64. The second kappa shape index (κ2) is 7.14. The van der Waals surface area contributed by atoms with E-state index in [0.29, 0.717) is 18.6 Å². The van der Waals surface area contributed by atoms with Crippen molar-refractivity contribution in [1.82, 2.24) is 4.90 Å². The number of methoxy groups -OCH3 is 2. The van der Waals surface area contributed by atoms with Crippen molar-refractivity contribution < 1.29 is 9.47 Å². The lowest BCUT2D eigenvalue weighted by Crippen LogP contribution is -2.48. The van der Waals surface area contributed by atoms with Crippen LogP contribution in [0.5, 0.6) is 11.5 Å². The molecule has 1 fully saturated rings. The monoisotopic (exact) mass is 292 g/mol. The van der Waals surface area contributed by atoms with Gasteiger partial charge in [-0.3, -0.25) is 4.90 Å². The predicted octanol–water partition coefficient (Wildman–Crippen LogP) is 2.97. The van der Waals surface area contributed by atoms with Crippen molar-refractivity contribution in [2.24, 2.45) is 5.73 Å². The average Bonchev–Trinajstić information content (AvgIpc) is 2.50. The zero-order chi connectivity index (χ0) is 15.4. The Kier molecular flexibility index (Phi) is 5.48. The smallest absolute Gasteiger partial charge is 0.127 e. The fraction of sp³-hybridized carbons (Fsp3) is 0.647. The zero-order valence-electron chi connectivity index (χ0n) is 13.6. The van der Waals surface area contributed by atoms with Gasteiger partial charge in [-0.15, -0.1) is 0 Å². The third-order valence-electron chi connectivity index (χ3n) is 4.64. The molecule has 2 N–H and O–H groups in total. The van der Waals surface area contributed by atoms with Crippen molar-refractivity contribution in [3.05, 3.63) is 23.8 Å². The first-order valence-corrected chi connectivity index (χ1v) is 7.81. The van der Waals surface area contributed by atoms with Crippen molar-refractivity contribution in [2.45, 2.75) is 51.2 Å². The van der Waals surface area contributed by atoms with Crippen molar-refractivity contribution in [1.29, 1.82) is 0 Å². The molecule has 118 valence electrons. The summed E-state index contributed by atoms with van der Waals surface area (Å²) in [6.45, 7) is 5.19. The molecular weight excluding hydrogens is 264 g/mol. The predicted molar refractivity (Wildman–Crippen MR) is 86.0 cm³/mol. The van der Waals surface area contributed by atoms with Gasteiger partial charge in [-0.2, -0.15) is 0 Å². The summed E-state index contributed by atoms with van der Waals surface area (Å²) in [5.74, 6) is 1.67. The Morgan fingerprint density at radius 1 is 1.19 bits per heavy atom. The van der Waals surface area contributed by atoms with Crippen molar-refractivity contribution in [3.63, 3.8) is 0 Å². The quantitative estimate of drug-likeness (QED) is 0.906. The molecule has 0 saturated carbocycles. The fourth-order valence-corrected chi connectivity index (χ4v) is 3.56. The number of nitrogens with zero attached hydrogens (tertiary/aromatic N) is 1. The van der Waals surface area contributed by atoms with Gasteiger partial charge < -0.3 is 15.2 Å². The lowest BCUT2D eigenvalue weighted by Gasteiger charge is -2.44. The Morgan fingerprint density at radius 3 is 2.38 bits per heavy atom. The van der Waals surface area contributed by atoms with E-state index in [1.165, 1.54) is 19.3 Å². The van der Waals surface area contributed by atoms with Crippen LogP contribution in [0, 0.1) is 0 Å². The van der Waals surface area contributed by atoms with Crippen LogP contribution in [0.15, 0.2) is 18.2 Å². The Hall–Kier alpha value is -1.26. The molecule has 0 bridgehead atoms. The third kappa shape index (κ3) is 3.33. The number of hydrogen-bond donors (Lipinski definition) is 1. The van der Waals surface area contributed by atoms with Gasteiger partial charge in [0.25, 0.3) is 0 Å². The van der Waals surface area contributed by atoms with E-state index in [0.717, 1.165) is 17.1 Å². The zero-order valence-corrected chi connectivity index (χ0v) is 13.6. The molecule has 0 radical (unpaired) electrons. The van der Waals surface area contributed by atoms with Crippen LogP contribution >= 0.6 is 0 Å². The molecule has 0 amide bonds. The SMILES string of the molecule is COc1ccc(C(CN)N2[C@H](C)CCC[C@@H]2C)c(OC)c1. The number of nitrogens with two attached hydrogens (primary N) is 1. The van der Waals surface area contributed by atoms with E-state index in [-0.39, 0.29) is 6.04 Å². The normalized spacial score (nSPS) is 24.6. The first-order valence-electron chi connectivity index (χ1n) is 7.81. The summed E-state index contributed by atoms with van der Waals surface area (Å²) in [6, 6.07) is 7.31. The molecule has 3 atom stereocenters. The van der Waals surface area contributed by atoms with Gasteiger partial charge in [0.2, 0.25) is 0 Å². The molecule has 1 aliphatic heterocycles. The van der Waals surface area contributed by atoms with Crippen molar-refractivity contribution >= 4 is 0 Å². The van der Waals surface area contributed by atoms with Gasteiger partial charge in [0.1, 0.15) is 11.5 Å². The maximum atomic E-state index is 6.13. The molecule has 2 rings (SSSR count). The summed E-state index contributed by atoms with van der Waals surface area (Å²) in [6.07, 6.45) is 3.77. The van der Waals surface area contributed by atoms with Gasteiger partial charge in [0.15, 0.2) is 0 Å². The number of likely N-dealkylation sites (tertiary alicyclic amines) is 1. The summed E-state index contributed by atoms with van der Waals surface area (Å²) in [5, 5.41) is 0. The Labute approximate surface area is 128 Å². The van der Waals surface area contributed by atoms with Gasteiger partial charge in [0, 0.05) is 30.3 Å². The first kappa shape index (κ1) is 16.1. The molecule has 1 aliphatic rings. The highest BCUT2D eigenvalue weighted by Gasteiger charge is 2.32. The summed E-state index contributed by atoms with van der Waals surface area (Å²) < 4.78 is 10.9. The molecule has 1 aromatic rings. The maximum absolute atomic E-state index is 6.13. The molecular formula is C17H28N2O2. The van der Waals surface area contributed by atoms with Crippen LogP contribution in [0.1, 0.15) is 44.7 Å². The van der Waals surface area contributed by atoms with Gasteiger partial charge >= 0.3 is 0 Å². The second-order valence-electron chi connectivity index (χ2n) is 5.94. The highest BCUT2D eigenvalue weighted by Crippen LogP contribution is 2.37. The molecule has 4 heteroatoms. The van der Waals surface area contributed by atoms with Crippen LogP contribution in [0.4, 0.5) is 0 Å². The Morgan fingerprint density at radius 2 is 1.86 bits per heavy atom. The molecule has 1 unspecified atom stereocenters. The summed E-state index contributed by atoms with van der Waals surface area (Å²) in [5.41, 5.74) is 7.28. The average molecular weight is 292 g/mol.